The summed E-state index contributed by atoms with van der Waals surface area (Å²) in [5.74, 6) is 1.47. The van der Waals surface area contributed by atoms with Gasteiger partial charge in [-0.3, -0.25) is 5.10 Å². The normalized spacial score (nSPS) is 22.1. The summed E-state index contributed by atoms with van der Waals surface area (Å²) in [6, 6.07) is 0.264. The highest BCUT2D eigenvalue weighted by molar-refractivity contribution is 5.29. The molecule has 0 amide bonds. The molecule has 4 rings (SSSR count). The number of nitrogens with one attached hydrogen (secondary N) is 2. The Morgan fingerprint density at radius 1 is 1.20 bits per heavy atom. The third-order valence-corrected chi connectivity index (χ3v) is 4.32. The maximum Gasteiger partial charge on any atom is 0.232 e. The highest BCUT2D eigenvalue weighted by Gasteiger charge is 2.23. The van der Waals surface area contributed by atoms with Gasteiger partial charge in [-0.1, -0.05) is 5.16 Å². The largest absolute Gasteiger partial charge is 0.339 e. The highest BCUT2D eigenvalue weighted by atomic mass is 16.5. The Labute approximate surface area is 117 Å². The predicted octanol–water partition coefficient (Wildman–Crippen LogP) is 1.69. The van der Waals surface area contributed by atoms with E-state index < -0.39 is 0 Å². The van der Waals surface area contributed by atoms with Crippen molar-refractivity contribution in [2.24, 2.45) is 0 Å². The second-order valence-electron chi connectivity index (χ2n) is 5.71. The molecule has 2 aromatic heterocycles. The van der Waals surface area contributed by atoms with Crippen molar-refractivity contribution in [2.75, 3.05) is 6.54 Å². The molecule has 0 spiro atoms. The molecule has 1 unspecified atom stereocenters. The third-order valence-electron chi connectivity index (χ3n) is 4.32. The summed E-state index contributed by atoms with van der Waals surface area (Å²) in [6.45, 7) is 1.04. The lowest BCUT2D eigenvalue weighted by atomic mass is 9.95. The molecule has 1 aliphatic heterocycles. The second-order valence-corrected chi connectivity index (χ2v) is 5.71. The molecule has 1 atom stereocenters. The van der Waals surface area contributed by atoms with Crippen LogP contribution in [0.25, 0.3) is 0 Å². The number of H-pyrrole nitrogens is 1. The Balaban J connectivity index is 1.52. The molecular weight excluding hydrogens is 254 g/mol. The first kappa shape index (κ1) is 12.1. The van der Waals surface area contributed by atoms with Gasteiger partial charge in [0.25, 0.3) is 0 Å². The average molecular weight is 273 g/mol. The van der Waals surface area contributed by atoms with Gasteiger partial charge >= 0.3 is 0 Å². The lowest BCUT2D eigenvalue weighted by Crippen LogP contribution is -2.14. The zero-order chi connectivity index (χ0) is 13.4. The van der Waals surface area contributed by atoms with Gasteiger partial charge in [0.15, 0.2) is 5.82 Å². The molecule has 0 bridgehead atoms. The van der Waals surface area contributed by atoms with Crippen LogP contribution in [0.4, 0.5) is 0 Å². The SMILES string of the molecule is C1CCc2c(Cc3nc(C4CCCN4)no3)n[nH]c2C1. The van der Waals surface area contributed by atoms with Gasteiger partial charge in [-0.05, 0) is 50.6 Å². The fourth-order valence-corrected chi connectivity index (χ4v) is 3.23. The number of nitrogens with zero attached hydrogens (tertiary/aromatic N) is 3. The van der Waals surface area contributed by atoms with E-state index >= 15 is 0 Å². The van der Waals surface area contributed by atoms with Crippen LogP contribution in [0.3, 0.4) is 0 Å². The minimum atomic E-state index is 0.264. The van der Waals surface area contributed by atoms with Gasteiger partial charge in [0.1, 0.15) is 0 Å². The second kappa shape index (κ2) is 5.01. The first-order valence-electron chi connectivity index (χ1n) is 7.51. The molecule has 2 aromatic rings. The van der Waals surface area contributed by atoms with E-state index in [0.717, 1.165) is 37.3 Å². The fraction of sp³-hybridized carbons (Fsp3) is 0.643. The van der Waals surface area contributed by atoms with Gasteiger partial charge in [0.2, 0.25) is 5.89 Å². The van der Waals surface area contributed by atoms with Crippen LogP contribution in [-0.2, 0) is 19.3 Å². The molecular formula is C14H19N5O. The molecule has 0 radical (unpaired) electrons. The quantitative estimate of drug-likeness (QED) is 0.889. The molecule has 1 saturated heterocycles. The van der Waals surface area contributed by atoms with Crippen LogP contribution in [0.15, 0.2) is 4.52 Å². The van der Waals surface area contributed by atoms with Crippen LogP contribution in [0.2, 0.25) is 0 Å². The Morgan fingerprint density at radius 2 is 2.15 bits per heavy atom. The van der Waals surface area contributed by atoms with Crippen LogP contribution in [-0.4, -0.2) is 26.9 Å². The Hall–Kier alpha value is -1.69. The number of aryl methyl sites for hydroxylation is 1. The summed E-state index contributed by atoms with van der Waals surface area (Å²) in [5.41, 5.74) is 3.74. The zero-order valence-corrected chi connectivity index (χ0v) is 11.5. The average Bonchev–Trinajstić information content (AvgIpc) is 3.19. The maximum atomic E-state index is 5.39. The summed E-state index contributed by atoms with van der Waals surface area (Å²) in [5, 5.41) is 15.1. The van der Waals surface area contributed by atoms with Gasteiger partial charge in [0, 0.05) is 5.69 Å². The van der Waals surface area contributed by atoms with E-state index in [1.807, 2.05) is 0 Å². The first-order chi connectivity index (χ1) is 9.90. The molecule has 2 N–H and O–H groups in total. The van der Waals surface area contributed by atoms with Crippen LogP contribution >= 0.6 is 0 Å². The van der Waals surface area contributed by atoms with E-state index in [9.17, 15) is 0 Å². The monoisotopic (exact) mass is 273 g/mol. The molecule has 1 fully saturated rings. The summed E-state index contributed by atoms with van der Waals surface area (Å²) in [7, 11) is 0. The van der Waals surface area contributed by atoms with E-state index in [-0.39, 0.29) is 6.04 Å². The maximum absolute atomic E-state index is 5.39. The summed E-state index contributed by atoms with van der Waals surface area (Å²) < 4.78 is 5.39. The molecule has 106 valence electrons. The van der Waals surface area contributed by atoms with E-state index in [2.05, 4.69) is 25.7 Å². The minimum absolute atomic E-state index is 0.264. The van der Waals surface area contributed by atoms with Gasteiger partial charge in [-0.2, -0.15) is 10.1 Å². The summed E-state index contributed by atoms with van der Waals surface area (Å²) >= 11 is 0. The molecule has 3 heterocycles. The van der Waals surface area contributed by atoms with E-state index in [0.29, 0.717) is 12.3 Å². The van der Waals surface area contributed by atoms with Crippen molar-refractivity contribution in [3.8, 4) is 0 Å². The van der Waals surface area contributed by atoms with Crippen LogP contribution in [0.5, 0.6) is 0 Å². The van der Waals surface area contributed by atoms with Crippen LogP contribution in [0, 0.1) is 0 Å². The van der Waals surface area contributed by atoms with Gasteiger partial charge in [-0.15, -0.1) is 0 Å². The standard InChI is InChI=1S/C14H19N5O/c1-2-5-10-9(4-1)12(18-17-10)8-13-16-14(19-20-13)11-6-3-7-15-11/h11,15H,1-8H2,(H,17,18). The Kier molecular flexibility index (Phi) is 3.03. The minimum Gasteiger partial charge on any atom is -0.339 e. The topological polar surface area (TPSA) is 79.6 Å². The number of fused-ring (bicyclic) bond motifs is 1. The number of hydrogen-bond donors (Lipinski definition) is 2. The highest BCUT2D eigenvalue weighted by Crippen LogP contribution is 2.24. The molecule has 0 saturated carbocycles. The summed E-state index contributed by atoms with van der Waals surface area (Å²) in [6.07, 6.45) is 7.66. The van der Waals surface area contributed by atoms with Crippen molar-refractivity contribution in [2.45, 2.75) is 51.0 Å². The zero-order valence-electron chi connectivity index (χ0n) is 11.5. The van der Waals surface area contributed by atoms with Crippen LogP contribution < -0.4 is 5.32 Å². The lowest BCUT2D eigenvalue weighted by Gasteiger charge is -2.10. The smallest absolute Gasteiger partial charge is 0.232 e. The number of hydrogen-bond acceptors (Lipinski definition) is 5. The molecule has 1 aliphatic carbocycles. The van der Waals surface area contributed by atoms with Crippen molar-refractivity contribution in [1.29, 1.82) is 0 Å². The van der Waals surface area contributed by atoms with Crippen molar-refractivity contribution in [3.05, 3.63) is 28.7 Å². The Morgan fingerprint density at radius 3 is 3.05 bits per heavy atom. The number of aromatic nitrogens is 4. The molecule has 20 heavy (non-hydrogen) atoms. The molecule has 0 aromatic carbocycles. The third kappa shape index (κ3) is 2.14. The number of aromatic amines is 1. The van der Waals surface area contributed by atoms with Gasteiger partial charge < -0.3 is 9.84 Å². The molecule has 6 nitrogen and oxygen atoms in total. The van der Waals surface area contributed by atoms with Crippen molar-refractivity contribution >= 4 is 0 Å². The summed E-state index contributed by atoms with van der Waals surface area (Å²) in [4.78, 5) is 4.52. The van der Waals surface area contributed by atoms with Gasteiger partial charge in [0.05, 0.1) is 18.2 Å². The van der Waals surface area contributed by atoms with Gasteiger partial charge in [-0.25, -0.2) is 0 Å². The van der Waals surface area contributed by atoms with Crippen LogP contribution in [0.1, 0.15) is 60.4 Å². The van der Waals surface area contributed by atoms with Crippen molar-refractivity contribution in [1.82, 2.24) is 25.7 Å². The van der Waals surface area contributed by atoms with E-state index in [1.165, 1.54) is 30.5 Å². The number of rotatable bonds is 3. The Bertz CT molecular complexity index is 596. The van der Waals surface area contributed by atoms with E-state index in [4.69, 9.17) is 4.52 Å². The lowest BCUT2D eigenvalue weighted by molar-refractivity contribution is 0.372. The first-order valence-corrected chi connectivity index (χ1v) is 7.51. The van der Waals surface area contributed by atoms with Crippen molar-refractivity contribution < 1.29 is 4.52 Å². The molecule has 2 aliphatic rings. The van der Waals surface area contributed by atoms with Crippen molar-refractivity contribution in [3.63, 3.8) is 0 Å². The molecule has 6 heteroatoms. The fourth-order valence-electron chi connectivity index (χ4n) is 3.23. The predicted molar refractivity (Wildman–Crippen MR) is 72.3 cm³/mol. The van der Waals surface area contributed by atoms with E-state index in [1.54, 1.807) is 0 Å².